The van der Waals surface area contributed by atoms with Crippen LogP contribution < -0.4 is 5.32 Å². The van der Waals surface area contributed by atoms with Crippen LogP contribution in [0.3, 0.4) is 0 Å². The second kappa shape index (κ2) is 6.27. The van der Waals surface area contributed by atoms with Gasteiger partial charge in [0.1, 0.15) is 0 Å². The lowest BCUT2D eigenvalue weighted by Crippen LogP contribution is -2.47. The summed E-state index contributed by atoms with van der Waals surface area (Å²) >= 11 is 0. The Bertz CT molecular complexity index is 660. The lowest BCUT2D eigenvalue weighted by Gasteiger charge is -2.40. The molecular formula is C19H26N2O2. The summed E-state index contributed by atoms with van der Waals surface area (Å²) in [7, 11) is 0. The first-order chi connectivity index (χ1) is 11.3. The van der Waals surface area contributed by atoms with Crippen LogP contribution in [0, 0.1) is 5.92 Å². The van der Waals surface area contributed by atoms with Crippen LogP contribution in [0.4, 0.5) is 0 Å². The Balaban J connectivity index is 1.31. The number of aromatic nitrogens is 1. The molecule has 0 bridgehead atoms. The van der Waals surface area contributed by atoms with E-state index in [-0.39, 0.29) is 5.79 Å². The van der Waals surface area contributed by atoms with E-state index in [1.165, 1.54) is 16.5 Å². The number of fused-ring (bicyclic) bond motifs is 1. The van der Waals surface area contributed by atoms with Crippen molar-refractivity contribution in [3.05, 3.63) is 36.0 Å². The van der Waals surface area contributed by atoms with Crippen molar-refractivity contribution in [1.82, 2.24) is 10.3 Å². The van der Waals surface area contributed by atoms with E-state index in [1.54, 1.807) is 0 Å². The lowest BCUT2D eigenvalue weighted by molar-refractivity contribution is -0.189. The first kappa shape index (κ1) is 15.2. The van der Waals surface area contributed by atoms with Crippen molar-refractivity contribution in [2.24, 2.45) is 5.92 Å². The minimum absolute atomic E-state index is 0.269. The van der Waals surface area contributed by atoms with Gasteiger partial charge in [0.25, 0.3) is 0 Å². The van der Waals surface area contributed by atoms with Crippen molar-refractivity contribution < 1.29 is 9.47 Å². The number of aromatic amines is 1. The molecule has 1 aromatic carbocycles. The monoisotopic (exact) mass is 314 g/mol. The number of hydrogen-bond acceptors (Lipinski definition) is 3. The molecule has 2 N–H and O–H groups in total. The molecule has 4 heteroatoms. The molecule has 2 heterocycles. The summed E-state index contributed by atoms with van der Waals surface area (Å²) in [5.41, 5.74) is 2.63. The second-order valence-corrected chi connectivity index (χ2v) is 7.00. The Morgan fingerprint density at radius 2 is 2.09 bits per heavy atom. The van der Waals surface area contributed by atoms with Gasteiger partial charge in [-0.1, -0.05) is 25.1 Å². The van der Waals surface area contributed by atoms with Crippen LogP contribution in [0.5, 0.6) is 0 Å². The zero-order chi connectivity index (χ0) is 15.7. The summed E-state index contributed by atoms with van der Waals surface area (Å²) in [6.45, 7) is 4.84. The molecule has 1 saturated heterocycles. The molecule has 1 aromatic heterocycles. The Morgan fingerprint density at radius 3 is 2.91 bits per heavy atom. The maximum Gasteiger partial charge on any atom is 0.168 e. The Morgan fingerprint density at radius 1 is 1.26 bits per heavy atom. The maximum absolute atomic E-state index is 5.86. The Labute approximate surface area is 137 Å². The molecule has 0 radical (unpaired) electrons. The summed E-state index contributed by atoms with van der Waals surface area (Å²) in [5.74, 6) is 0.318. The van der Waals surface area contributed by atoms with Crippen molar-refractivity contribution in [2.45, 2.75) is 44.4 Å². The number of rotatable bonds is 4. The topological polar surface area (TPSA) is 46.3 Å². The van der Waals surface area contributed by atoms with E-state index in [0.29, 0.717) is 12.0 Å². The molecule has 2 aliphatic rings. The largest absolute Gasteiger partial charge is 0.361 e. The fourth-order valence-electron chi connectivity index (χ4n) is 4.19. The predicted octanol–water partition coefficient (Wildman–Crippen LogP) is 3.23. The van der Waals surface area contributed by atoms with Gasteiger partial charge in [0, 0.05) is 36.0 Å². The summed E-state index contributed by atoms with van der Waals surface area (Å²) in [5, 5.41) is 5.10. The number of H-pyrrole nitrogens is 1. The smallest absolute Gasteiger partial charge is 0.168 e. The van der Waals surface area contributed by atoms with Crippen molar-refractivity contribution in [3.63, 3.8) is 0 Å². The minimum Gasteiger partial charge on any atom is -0.361 e. The molecule has 4 rings (SSSR count). The standard InChI is InChI=1S/C19H26N2O2/c1-14-12-19(22-10-11-23-19)8-6-17(14)20-9-7-15-13-21-18-5-3-2-4-16(15)18/h2-5,13-14,17,20-21H,6-12H2,1H3. The van der Waals surface area contributed by atoms with E-state index < -0.39 is 0 Å². The van der Waals surface area contributed by atoms with Crippen molar-refractivity contribution >= 4 is 10.9 Å². The third-order valence-electron chi connectivity index (χ3n) is 5.45. The molecule has 2 fully saturated rings. The zero-order valence-corrected chi connectivity index (χ0v) is 13.8. The molecule has 2 unspecified atom stereocenters. The third kappa shape index (κ3) is 3.03. The molecule has 1 saturated carbocycles. The van der Waals surface area contributed by atoms with E-state index in [9.17, 15) is 0 Å². The first-order valence-electron chi connectivity index (χ1n) is 8.82. The van der Waals surface area contributed by atoms with Crippen LogP contribution >= 0.6 is 0 Å². The molecule has 23 heavy (non-hydrogen) atoms. The van der Waals surface area contributed by atoms with Crippen molar-refractivity contribution in [2.75, 3.05) is 19.8 Å². The molecule has 1 aliphatic heterocycles. The third-order valence-corrected chi connectivity index (χ3v) is 5.45. The van der Waals surface area contributed by atoms with Gasteiger partial charge in [0.05, 0.1) is 13.2 Å². The van der Waals surface area contributed by atoms with Crippen molar-refractivity contribution in [1.29, 1.82) is 0 Å². The average molecular weight is 314 g/mol. The molecule has 4 nitrogen and oxygen atoms in total. The normalized spacial score (nSPS) is 27.0. The second-order valence-electron chi connectivity index (χ2n) is 7.00. The Kier molecular flexibility index (Phi) is 4.14. The van der Waals surface area contributed by atoms with Crippen molar-refractivity contribution in [3.8, 4) is 0 Å². The van der Waals surface area contributed by atoms with Gasteiger partial charge in [-0.05, 0) is 36.9 Å². The van der Waals surface area contributed by atoms with Gasteiger partial charge in [0.2, 0.25) is 0 Å². The number of nitrogens with one attached hydrogen (secondary N) is 2. The number of para-hydroxylation sites is 1. The minimum atomic E-state index is -0.269. The molecule has 1 spiro atoms. The average Bonchev–Trinajstić information content (AvgIpc) is 3.17. The van der Waals surface area contributed by atoms with E-state index in [1.807, 2.05) is 0 Å². The highest BCUT2D eigenvalue weighted by molar-refractivity contribution is 5.83. The van der Waals surface area contributed by atoms with Crippen LogP contribution in [-0.2, 0) is 15.9 Å². The van der Waals surface area contributed by atoms with Crippen LogP contribution in [0.25, 0.3) is 10.9 Å². The van der Waals surface area contributed by atoms with Gasteiger partial charge in [-0.15, -0.1) is 0 Å². The van der Waals surface area contributed by atoms with Crippen LogP contribution in [0.2, 0.25) is 0 Å². The summed E-state index contributed by atoms with van der Waals surface area (Å²) in [6.07, 6.45) is 6.37. The lowest BCUT2D eigenvalue weighted by atomic mass is 9.81. The molecule has 124 valence electrons. The van der Waals surface area contributed by atoms with Gasteiger partial charge < -0.3 is 19.8 Å². The molecule has 2 atom stereocenters. The summed E-state index contributed by atoms with van der Waals surface area (Å²) in [4.78, 5) is 3.36. The molecule has 2 aromatic rings. The summed E-state index contributed by atoms with van der Waals surface area (Å²) in [6, 6.07) is 9.09. The highest BCUT2D eigenvalue weighted by Crippen LogP contribution is 2.38. The van der Waals surface area contributed by atoms with E-state index in [4.69, 9.17) is 9.47 Å². The van der Waals surface area contributed by atoms with E-state index in [2.05, 4.69) is 47.7 Å². The fourth-order valence-corrected chi connectivity index (χ4v) is 4.19. The number of hydrogen-bond donors (Lipinski definition) is 2. The summed E-state index contributed by atoms with van der Waals surface area (Å²) < 4.78 is 11.7. The quantitative estimate of drug-likeness (QED) is 0.911. The van der Waals surface area contributed by atoms with Gasteiger partial charge in [-0.3, -0.25) is 0 Å². The predicted molar refractivity (Wildman–Crippen MR) is 91.4 cm³/mol. The van der Waals surface area contributed by atoms with Crippen LogP contribution in [0.15, 0.2) is 30.5 Å². The van der Waals surface area contributed by atoms with E-state index >= 15 is 0 Å². The highest BCUT2D eigenvalue weighted by Gasteiger charge is 2.43. The Hall–Kier alpha value is -1.36. The number of benzene rings is 1. The molecular weight excluding hydrogens is 288 g/mol. The fraction of sp³-hybridized carbons (Fsp3) is 0.579. The van der Waals surface area contributed by atoms with Gasteiger partial charge in [-0.2, -0.15) is 0 Å². The van der Waals surface area contributed by atoms with Gasteiger partial charge in [-0.25, -0.2) is 0 Å². The molecule has 1 aliphatic carbocycles. The maximum atomic E-state index is 5.86. The van der Waals surface area contributed by atoms with Gasteiger partial charge in [0.15, 0.2) is 5.79 Å². The first-order valence-corrected chi connectivity index (χ1v) is 8.82. The van der Waals surface area contributed by atoms with Crippen LogP contribution in [-0.4, -0.2) is 36.6 Å². The van der Waals surface area contributed by atoms with Crippen LogP contribution in [0.1, 0.15) is 31.7 Å². The zero-order valence-electron chi connectivity index (χ0n) is 13.8. The highest BCUT2D eigenvalue weighted by atomic mass is 16.7. The van der Waals surface area contributed by atoms with E-state index in [0.717, 1.165) is 45.4 Å². The SMILES string of the molecule is CC1CC2(CCC1NCCc1c[nH]c3ccccc13)OCCO2. The molecule has 0 amide bonds. The van der Waals surface area contributed by atoms with Gasteiger partial charge >= 0.3 is 0 Å². The number of ether oxygens (including phenoxy) is 2.